The molecule has 0 aliphatic heterocycles. The van der Waals surface area contributed by atoms with Crippen LogP contribution in [0, 0.1) is 17.8 Å². The highest BCUT2D eigenvalue weighted by Gasteiger charge is 2.26. The third-order valence-corrected chi connectivity index (χ3v) is 4.87. The van der Waals surface area contributed by atoms with E-state index in [4.69, 9.17) is 0 Å². The minimum Gasteiger partial charge on any atom is -0.393 e. The van der Waals surface area contributed by atoms with Gasteiger partial charge in [-0.05, 0) is 43.4 Å². The summed E-state index contributed by atoms with van der Waals surface area (Å²) in [4.78, 5) is 0. The lowest BCUT2D eigenvalue weighted by molar-refractivity contribution is 0.0596. The quantitative estimate of drug-likeness (QED) is 0.760. The van der Waals surface area contributed by atoms with Crippen molar-refractivity contribution in [1.29, 1.82) is 0 Å². The molecule has 0 aromatic rings. The summed E-state index contributed by atoms with van der Waals surface area (Å²) in [5.41, 5.74) is 0. The topological polar surface area (TPSA) is 20.2 Å². The molecular formula is C15H28O. The summed E-state index contributed by atoms with van der Waals surface area (Å²) in [6.45, 7) is 2.34. The number of aliphatic hydroxyl groups excluding tert-OH is 1. The molecule has 0 spiro atoms. The zero-order valence-electron chi connectivity index (χ0n) is 10.8. The van der Waals surface area contributed by atoms with E-state index in [0.717, 1.165) is 18.3 Å². The summed E-state index contributed by atoms with van der Waals surface area (Å²) in [5, 5.41) is 10.3. The Morgan fingerprint density at radius 2 is 1.81 bits per heavy atom. The minimum absolute atomic E-state index is 0.00310. The van der Waals surface area contributed by atoms with Gasteiger partial charge in [-0.3, -0.25) is 0 Å². The second-order valence-electron chi connectivity index (χ2n) is 6.33. The molecule has 0 heterocycles. The van der Waals surface area contributed by atoms with E-state index < -0.39 is 0 Å². The molecule has 3 atom stereocenters. The van der Waals surface area contributed by atoms with Gasteiger partial charge in [0.1, 0.15) is 0 Å². The maximum atomic E-state index is 10.3. The van der Waals surface area contributed by atoms with Gasteiger partial charge in [-0.25, -0.2) is 0 Å². The highest BCUT2D eigenvalue weighted by molar-refractivity contribution is 4.78. The van der Waals surface area contributed by atoms with E-state index >= 15 is 0 Å². The number of aliphatic hydroxyl groups is 1. The fraction of sp³-hybridized carbons (Fsp3) is 1.00. The predicted octanol–water partition coefficient (Wildman–Crippen LogP) is 4.14. The molecule has 2 fully saturated rings. The second-order valence-corrected chi connectivity index (χ2v) is 6.33. The second kappa shape index (κ2) is 6.05. The van der Waals surface area contributed by atoms with Crippen LogP contribution in [0.15, 0.2) is 0 Å². The third-order valence-electron chi connectivity index (χ3n) is 4.87. The van der Waals surface area contributed by atoms with E-state index in [1.54, 1.807) is 0 Å². The number of hydrogen-bond donors (Lipinski definition) is 1. The van der Waals surface area contributed by atoms with Crippen molar-refractivity contribution in [3.63, 3.8) is 0 Å². The van der Waals surface area contributed by atoms with E-state index in [0.29, 0.717) is 5.92 Å². The molecule has 0 amide bonds. The van der Waals surface area contributed by atoms with E-state index in [1.165, 1.54) is 57.8 Å². The van der Waals surface area contributed by atoms with E-state index in [2.05, 4.69) is 6.92 Å². The standard InChI is InChI=1S/C15H28O/c1-12-5-4-8-14(11-12)15(16)10-9-13-6-2-3-7-13/h12-16H,2-11H2,1H3. The molecule has 1 N–H and O–H groups in total. The number of rotatable bonds is 4. The monoisotopic (exact) mass is 224 g/mol. The van der Waals surface area contributed by atoms with Crippen LogP contribution in [0.1, 0.15) is 71.1 Å². The van der Waals surface area contributed by atoms with Crippen molar-refractivity contribution in [2.45, 2.75) is 77.2 Å². The SMILES string of the molecule is CC1CCCC(C(O)CCC2CCCC2)C1. The van der Waals surface area contributed by atoms with Crippen molar-refractivity contribution < 1.29 is 5.11 Å². The molecule has 2 aliphatic rings. The van der Waals surface area contributed by atoms with Gasteiger partial charge in [-0.2, -0.15) is 0 Å². The first-order valence-electron chi connectivity index (χ1n) is 7.43. The van der Waals surface area contributed by atoms with Crippen LogP contribution in [0.5, 0.6) is 0 Å². The first-order valence-corrected chi connectivity index (χ1v) is 7.43. The van der Waals surface area contributed by atoms with Gasteiger partial charge in [0.2, 0.25) is 0 Å². The van der Waals surface area contributed by atoms with Crippen LogP contribution in [0.25, 0.3) is 0 Å². The molecule has 1 heteroatoms. The lowest BCUT2D eigenvalue weighted by atomic mass is 9.78. The van der Waals surface area contributed by atoms with Crippen molar-refractivity contribution in [3.05, 3.63) is 0 Å². The van der Waals surface area contributed by atoms with E-state index in [1.807, 2.05) is 0 Å². The lowest BCUT2D eigenvalue weighted by Gasteiger charge is -2.30. The fourth-order valence-corrected chi connectivity index (χ4v) is 3.77. The van der Waals surface area contributed by atoms with Gasteiger partial charge < -0.3 is 5.11 Å². The van der Waals surface area contributed by atoms with E-state index in [9.17, 15) is 5.11 Å². The van der Waals surface area contributed by atoms with Crippen LogP contribution >= 0.6 is 0 Å². The van der Waals surface area contributed by atoms with Gasteiger partial charge in [0.25, 0.3) is 0 Å². The van der Waals surface area contributed by atoms with Gasteiger partial charge >= 0.3 is 0 Å². The Morgan fingerprint density at radius 1 is 1.06 bits per heavy atom. The minimum atomic E-state index is 0.00310. The van der Waals surface area contributed by atoms with Crippen molar-refractivity contribution in [3.8, 4) is 0 Å². The highest BCUT2D eigenvalue weighted by Crippen LogP contribution is 2.34. The summed E-state index contributed by atoms with van der Waals surface area (Å²) in [5.74, 6) is 2.40. The largest absolute Gasteiger partial charge is 0.393 e. The smallest absolute Gasteiger partial charge is 0.0568 e. The highest BCUT2D eigenvalue weighted by atomic mass is 16.3. The molecule has 0 radical (unpaired) electrons. The summed E-state index contributed by atoms with van der Waals surface area (Å²) < 4.78 is 0. The Kier molecular flexibility index (Phi) is 4.69. The molecule has 2 saturated carbocycles. The summed E-state index contributed by atoms with van der Waals surface area (Å²) in [7, 11) is 0. The summed E-state index contributed by atoms with van der Waals surface area (Å²) >= 11 is 0. The average Bonchev–Trinajstić information content (AvgIpc) is 2.78. The zero-order chi connectivity index (χ0) is 11.4. The molecule has 3 unspecified atom stereocenters. The Labute approximate surface area is 101 Å². The van der Waals surface area contributed by atoms with Crippen molar-refractivity contribution in [1.82, 2.24) is 0 Å². The molecule has 2 aliphatic carbocycles. The summed E-state index contributed by atoms with van der Waals surface area (Å²) in [6.07, 6.45) is 13.3. The van der Waals surface area contributed by atoms with Crippen LogP contribution in [-0.2, 0) is 0 Å². The van der Waals surface area contributed by atoms with Gasteiger partial charge in [0.05, 0.1) is 6.10 Å². The maximum absolute atomic E-state index is 10.3. The molecule has 16 heavy (non-hydrogen) atoms. The molecule has 94 valence electrons. The van der Waals surface area contributed by atoms with Gasteiger partial charge in [0.15, 0.2) is 0 Å². The molecule has 0 saturated heterocycles. The van der Waals surface area contributed by atoms with E-state index in [-0.39, 0.29) is 6.10 Å². The van der Waals surface area contributed by atoms with Crippen LogP contribution in [-0.4, -0.2) is 11.2 Å². The first-order chi connectivity index (χ1) is 7.75. The average molecular weight is 224 g/mol. The number of hydrogen-bond acceptors (Lipinski definition) is 1. The van der Waals surface area contributed by atoms with Gasteiger partial charge in [-0.15, -0.1) is 0 Å². The molecule has 0 bridgehead atoms. The summed E-state index contributed by atoms with van der Waals surface area (Å²) in [6, 6.07) is 0. The zero-order valence-corrected chi connectivity index (χ0v) is 10.8. The molecule has 0 aromatic carbocycles. The molecule has 1 nitrogen and oxygen atoms in total. The predicted molar refractivity (Wildman–Crippen MR) is 68.3 cm³/mol. The Hall–Kier alpha value is -0.0400. The van der Waals surface area contributed by atoms with Crippen LogP contribution in [0.4, 0.5) is 0 Å². The van der Waals surface area contributed by atoms with Crippen LogP contribution in [0.3, 0.4) is 0 Å². The van der Waals surface area contributed by atoms with Gasteiger partial charge in [0, 0.05) is 0 Å². The first kappa shape index (κ1) is 12.4. The molecule has 2 rings (SSSR count). The van der Waals surface area contributed by atoms with Crippen molar-refractivity contribution in [2.75, 3.05) is 0 Å². The Bertz CT molecular complexity index is 196. The van der Waals surface area contributed by atoms with Gasteiger partial charge in [-0.1, -0.05) is 45.4 Å². The lowest BCUT2D eigenvalue weighted by Crippen LogP contribution is -2.26. The van der Waals surface area contributed by atoms with Crippen LogP contribution < -0.4 is 0 Å². The van der Waals surface area contributed by atoms with Crippen LogP contribution in [0.2, 0.25) is 0 Å². The Balaban J connectivity index is 1.67. The molecular weight excluding hydrogens is 196 g/mol. The molecule has 0 aromatic heterocycles. The third kappa shape index (κ3) is 3.48. The maximum Gasteiger partial charge on any atom is 0.0568 e. The van der Waals surface area contributed by atoms with Crippen molar-refractivity contribution in [2.24, 2.45) is 17.8 Å². The van der Waals surface area contributed by atoms with Crippen molar-refractivity contribution >= 4 is 0 Å². The normalized spacial score (nSPS) is 34.1. The Morgan fingerprint density at radius 3 is 2.50 bits per heavy atom. The fourth-order valence-electron chi connectivity index (χ4n) is 3.77.